The number of imide groups is 1. The first-order valence-corrected chi connectivity index (χ1v) is 13.7. The van der Waals surface area contributed by atoms with E-state index < -0.39 is 54.8 Å². The number of hydrogen-bond donors (Lipinski definition) is 4. The molecule has 0 aliphatic carbocycles. The topological polar surface area (TPSA) is 151 Å². The monoisotopic (exact) mass is 593 g/mol. The van der Waals surface area contributed by atoms with Gasteiger partial charge in [-0.05, 0) is 37.5 Å². The minimum absolute atomic E-state index is 0.00942. The van der Waals surface area contributed by atoms with Crippen molar-refractivity contribution in [2.45, 2.75) is 44.7 Å². The molecule has 2 aromatic rings. The standard InChI is InChI=1S/C26H30F3N7O4S/c1-3-40-23(37)19-18(12-36-13-26(28,29)11-15(36)7-8-32-25(39)35-24(30)38)33-21(22-31-9-10-41-22)34-20(19)16-5-4-6-17(27)14(16)2/h4-6,9-10,15,20H,3,7-8,11-13H2,1-2H3,(H,33,34)(H4,30,32,35,38,39)/t15-,20-/m0/s1. The van der Waals surface area contributed by atoms with Gasteiger partial charge in [0.05, 0.1) is 18.7 Å². The SMILES string of the molecule is CCOC(=O)C1=C(CN2CC(F)(F)C[C@@H]2CCNC(=O)NC(N)=O)NC(c2nccs2)=N[C@H]1c1cccc(F)c1C. The van der Waals surface area contributed by atoms with Crippen molar-refractivity contribution < 1.29 is 32.3 Å². The number of benzene rings is 1. The summed E-state index contributed by atoms with van der Waals surface area (Å²) in [5, 5.41) is 9.62. The molecule has 5 N–H and O–H groups in total. The van der Waals surface area contributed by atoms with Gasteiger partial charge in [0.25, 0.3) is 5.92 Å². The van der Waals surface area contributed by atoms with Gasteiger partial charge in [-0.15, -0.1) is 11.3 Å². The second-order valence-electron chi connectivity index (χ2n) is 9.56. The number of ether oxygens (including phenoxy) is 1. The quantitative estimate of drug-likeness (QED) is 0.327. The fourth-order valence-electron chi connectivity index (χ4n) is 4.91. The molecule has 4 amide bonds. The zero-order valence-corrected chi connectivity index (χ0v) is 23.2. The van der Waals surface area contributed by atoms with E-state index in [1.165, 1.54) is 28.4 Å². The molecule has 2 atom stereocenters. The van der Waals surface area contributed by atoms with Gasteiger partial charge >= 0.3 is 18.0 Å². The lowest BCUT2D eigenvalue weighted by atomic mass is 9.92. The van der Waals surface area contributed by atoms with E-state index >= 15 is 0 Å². The van der Waals surface area contributed by atoms with Gasteiger partial charge in [-0.1, -0.05) is 12.1 Å². The molecule has 11 nitrogen and oxygen atoms in total. The molecule has 15 heteroatoms. The molecule has 220 valence electrons. The van der Waals surface area contributed by atoms with Crippen molar-refractivity contribution in [2.24, 2.45) is 10.7 Å². The maximum atomic E-state index is 14.7. The number of halogens is 3. The number of nitrogens with two attached hydrogens (primary N) is 1. The first-order chi connectivity index (χ1) is 19.5. The summed E-state index contributed by atoms with van der Waals surface area (Å²) in [5.74, 6) is -3.91. The number of aromatic nitrogens is 1. The average Bonchev–Trinajstić information content (AvgIpc) is 3.53. The van der Waals surface area contributed by atoms with E-state index in [1.54, 1.807) is 31.5 Å². The van der Waals surface area contributed by atoms with E-state index in [2.05, 4.69) is 15.6 Å². The molecule has 3 heterocycles. The van der Waals surface area contributed by atoms with E-state index in [4.69, 9.17) is 15.5 Å². The van der Waals surface area contributed by atoms with Crippen molar-refractivity contribution in [2.75, 3.05) is 26.2 Å². The van der Waals surface area contributed by atoms with Crippen LogP contribution in [-0.2, 0) is 9.53 Å². The van der Waals surface area contributed by atoms with Crippen LogP contribution in [0.1, 0.15) is 41.9 Å². The Hall–Kier alpha value is -3.98. The van der Waals surface area contributed by atoms with Crippen LogP contribution in [0.4, 0.5) is 22.8 Å². The van der Waals surface area contributed by atoms with Gasteiger partial charge in [-0.3, -0.25) is 15.2 Å². The van der Waals surface area contributed by atoms with Gasteiger partial charge in [0.2, 0.25) is 0 Å². The highest BCUT2D eigenvalue weighted by atomic mass is 32.1. The van der Waals surface area contributed by atoms with Gasteiger partial charge < -0.3 is 21.1 Å². The summed E-state index contributed by atoms with van der Waals surface area (Å²) < 4.78 is 49.3. The number of carbonyl (C=O) groups is 3. The largest absolute Gasteiger partial charge is 0.463 e. The van der Waals surface area contributed by atoms with Crippen LogP contribution in [0, 0.1) is 12.7 Å². The molecule has 2 aliphatic heterocycles. The maximum Gasteiger partial charge on any atom is 0.338 e. The zero-order valence-electron chi connectivity index (χ0n) is 22.4. The highest BCUT2D eigenvalue weighted by Crippen LogP contribution is 2.38. The van der Waals surface area contributed by atoms with E-state index in [9.17, 15) is 27.6 Å². The first-order valence-electron chi connectivity index (χ1n) is 12.8. The molecule has 1 saturated heterocycles. The molecular weight excluding hydrogens is 563 g/mol. The number of amides is 4. The number of aliphatic imine (C=N–C) groups is 1. The van der Waals surface area contributed by atoms with Gasteiger partial charge in [0.15, 0.2) is 10.8 Å². The number of alkyl halides is 2. The Labute approximate surface area is 238 Å². The van der Waals surface area contributed by atoms with Crippen LogP contribution in [0.25, 0.3) is 0 Å². The lowest BCUT2D eigenvalue weighted by molar-refractivity contribution is -0.139. The van der Waals surface area contributed by atoms with Crippen molar-refractivity contribution in [1.29, 1.82) is 0 Å². The average molecular weight is 594 g/mol. The minimum atomic E-state index is -3.02. The van der Waals surface area contributed by atoms with Crippen molar-refractivity contribution in [3.05, 3.63) is 63.0 Å². The third-order valence-electron chi connectivity index (χ3n) is 6.71. The molecule has 0 unspecified atom stereocenters. The van der Waals surface area contributed by atoms with Crippen molar-refractivity contribution in [3.63, 3.8) is 0 Å². The maximum absolute atomic E-state index is 14.7. The van der Waals surface area contributed by atoms with E-state index in [-0.39, 0.29) is 43.0 Å². The predicted molar refractivity (Wildman–Crippen MR) is 145 cm³/mol. The highest BCUT2D eigenvalue weighted by molar-refractivity contribution is 7.11. The van der Waals surface area contributed by atoms with Crippen LogP contribution in [0.5, 0.6) is 0 Å². The smallest absolute Gasteiger partial charge is 0.338 e. The summed E-state index contributed by atoms with van der Waals surface area (Å²) in [5.41, 5.74) is 5.99. The Kier molecular flexibility index (Phi) is 9.28. The number of nitrogens with zero attached hydrogens (tertiary/aromatic N) is 3. The number of primary amides is 1. The molecule has 0 radical (unpaired) electrons. The van der Waals surface area contributed by atoms with Gasteiger partial charge in [0.1, 0.15) is 11.9 Å². The molecular formula is C26H30F3N7O4S. The first kappa shape index (κ1) is 30.0. The summed E-state index contributed by atoms with van der Waals surface area (Å²) in [7, 11) is 0. The summed E-state index contributed by atoms with van der Waals surface area (Å²) in [6.07, 6.45) is 1.23. The van der Waals surface area contributed by atoms with E-state index in [0.29, 0.717) is 16.4 Å². The normalized spacial score (nSPS) is 20.3. The molecule has 0 bridgehead atoms. The van der Waals surface area contributed by atoms with Crippen LogP contribution in [0.15, 0.2) is 46.0 Å². The molecule has 1 aromatic heterocycles. The fourth-order valence-corrected chi connectivity index (χ4v) is 5.50. The molecule has 41 heavy (non-hydrogen) atoms. The van der Waals surface area contributed by atoms with Crippen molar-refractivity contribution in [1.82, 2.24) is 25.8 Å². The number of carbonyl (C=O) groups excluding carboxylic acids is 3. The summed E-state index contributed by atoms with van der Waals surface area (Å²) >= 11 is 1.29. The van der Waals surface area contributed by atoms with Crippen LogP contribution < -0.4 is 21.7 Å². The highest BCUT2D eigenvalue weighted by Gasteiger charge is 2.46. The number of urea groups is 2. The lowest BCUT2D eigenvalue weighted by Crippen LogP contribution is -2.44. The third kappa shape index (κ3) is 7.21. The van der Waals surface area contributed by atoms with Crippen LogP contribution in [-0.4, -0.2) is 72.0 Å². The van der Waals surface area contributed by atoms with Gasteiger partial charge in [-0.2, -0.15) is 0 Å². The van der Waals surface area contributed by atoms with Crippen LogP contribution in [0.3, 0.4) is 0 Å². The minimum Gasteiger partial charge on any atom is -0.463 e. The number of hydrogen-bond acceptors (Lipinski definition) is 9. The molecule has 4 rings (SSSR count). The number of likely N-dealkylation sites (tertiary alicyclic amines) is 1. The van der Waals surface area contributed by atoms with Crippen molar-refractivity contribution >= 4 is 35.2 Å². The summed E-state index contributed by atoms with van der Waals surface area (Å²) in [6.45, 7) is 2.55. The van der Waals surface area contributed by atoms with Crippen LogP contribution >= 0.6 is 11.3 Å². The lowest BCUT2D eigenvalue weighted by Gasteiger charge is -2.31. The predicted octanol–water partition coefficient (Wildman–Crippen LogP) is 2.98. The number of nitrogens with one attached hydrogen (secondary N) is 3. The van der Waals surface area contributed by atoms with Crippen molar-refractivity contribution in [3.8, 4) is 0 Å². The Morgan fingerprint density at radius 2 is 2.10 bits per heavy atom. The summed E-state index contributed by atoms with van der Waals surface area (Å²) in [4.78, 5) is 46.4. The van der Waals surface area contributed by atoms with Crippen LogP contribution in [0.2, 0.25) is 0 Å². The molecule has 1 fully saturated rings. The second kappa shape index (κ2) is 12.7. The van der Waals surface area contributed by atoms with Gasteiger partial charge in [-0.25, -0.2) is 32.5 Å². The Morgan fingerprint density at radius 3 is 2.78 bits per heavy atom. The zero-order chi connectivity index (χ0) is 29.7. The van der Waals surface area contributed by atoms with E-state index in [1.807, 2.05) is 5.32 Å². The Balaban J connectivity index is 1.70. The number of amidine groups is 1. The van der Waals surface area contributed by atoms with E-state index in [0.717, 1.165) is 0 Å². The number of esters is 1. The second-order valence-corrected chi connectivity index (χ2v) is 10.5. The number of thiazole rings is 1. The fraction of sp³-hybridized carbons (Fsp3) is 0.423. The Morgan fingerprint density at radius 1 is 1.32 bits per heavy atom. The molecule has 1 aromatic carbocycles. The molecule has 2 aliphatic rings. The third-order valence-corrected chi connectivity index (χ3v) is 7.49. The number of rotatable bonds is 9. The molecule has 0 spiro atoms. The molecule has 0 saturated carbocycles. The van der Waals surface area contributed by atoms with Gasteiger partial charge in [0, 0.05) is 42.8 Å². The Bertz CT molecular complexity index is 1370. The summed E-state index contributed by atoms with van der Waals surface area (Å²) in [6, 6.07) is 0.915.